The molecule has 1 atom stereocenters. The summed E-state index contributed by atoms with van der Waals surface area (Å²) in [6, 6.07) is 4.01. The molecule has 3 aromatic heterocycles. The zero-order chi connectivity index (χ0) is 19.9. The van der Waals surface area contributed by atoms with Gasteiger partial charge in [-0.1, -0.05) is 13.3 Å². The molecule has 0 amide bonds. The monoisotopic (exact) mass is 398 g/mol. The molecule has 3 aromatic rings. The lowest BCUT2D eigenvalue weighted by Crippen LogP contribution is -2.15. The molecule has 0 saturated carbocycles. The van der Waals surface area contributed by atoms with Gasteiger partial charge in [0, 0.05) is 38.3 Å². The molecule has 0 fully saturated rings. The van der Waals surface area contributed by atoms with Crippen LogP contribution in [0.3, 0.4) is 0 Å². The first-order valence-corrected chi connectivity index (χ1v) is 10.4. The van der Waals surface area contributed by atoms with Crippen molar-refractivity contribution in [1.29, 1.82) is 0 Å². The van der Waals surface area contributed by atoms with Crippen LogP contribution in [0.1, 0.15) is 46.1 Å². The number of hydrogen-bond donors (Lipinski definition) is 2. The van der Waals surface area contributed by atoms with Crippen molar-refractivity contribution >= 4 is 22.9 Å². The number of ketones is 1. The van der Waals surface area contributed by atoms with E-state index in [1.54, 1.807) is 6.20 Å². The van der Waals surface area contributed by atoms with Crippen molar-refractivity contribution in [2.45, 2.75) is 33.2 Å². The van der Waals surface area contributed by atoms with Gasteiger partial charge in [-0.25, -0.2) is 9.97 Å². The van der Waals surface area contributed by atoms with Crippen LogP contribution in [0.2, 0.25) is 0 Å². The highest BCUT2D eigenvalue weighted by Crippen LogP contribution is 2.23. The van der Waals surface area contributed by atoms with E-state index in [9.17, 15) is 9.90 Å². The molecule has 0 aliphatic heterocycles. The lowest BCUT2D eigenvalue weighted by atomic mass is 10.0. The van der Waals surface area contributed by atoms with Gasteiger partial charge in [-0.05, 0) is 47.9 Å². The van der Waals surface area contributed by atoms with Gasteiger partial charge >= 0.3 is 0 Å². The SMILES string of the molecule is CCC(CO)CCNc1ncncc1C(=O)c1cc(Cn2ccc(C)c2)cs1. The van der Waals surface area contributed by atoms with Gasteiger partial charge in [0.05, 0.1) is 10.4 Å². The van der Waals surface area contributed by atoms with Crippen molar-refractivity contribution < 1.29 is 9.90 Å². The van der Waals surface area contributed by atoms with Crippen LogP contribution in [-0.2, 0) is 6.54 Å². The van der Waals surface area contributed by atoms with Crippen molar-refractivity contribution in [3.63, 3.8) is 0 Å². The minimum absolute atomic E-state index is 0.0720. The molecule has 7 heteroatoms. The van der Waals surface area contributed by atoms with Crippen LogP contribution in [0.25, 0.3) is 0 Å². The molecule has 0 radical (unpaired) electrons. The lowest BCUT2D eigenvalue weighted by molar-refractivity contribution is 0.104. The normalized spacial score (nSPS) is 12.1. The number of nitrogens with one attached hydrogen (secondary N) is 1. The third-order valence-electron chi connectivity index (χ3n) is 4.78. The Labute approximate surface area is 169 Å². The summed E-state index contributed by atoms with van der Waals surface area (Å²) in [5, 5.41) is 14.6. The Balaban J connectivity index is 1.69. The summed E-state index contributed by atoms with van der Waals surface area (Å²) in [7, 11) is 0. The van der Waals surface area contributed by atoms with E-state index in [0.717, 1.165) is 24.9 Å². The van der Waals surface area contributed by atoms with Crippen LogP contribution in [-0.4, -0.2) is 38.6 Å². The number of aryl methyl sites for hydroxylation is 1. The lowest BCUT2D eigenvalue weighted by Gasteiger charge is -2.13. The molecule has 3 rings (SSSR count). The summed E-state index contributed by atoms with van der Waals surface area (Å²) in [5.41, 5.74) is 2.80. The largest absolute Gasteiger partial charge is 0.396 e. The second-order valence-corrected chi connectivity index (χ2v) is 7.88. The van der Waals surface area contributed by atoms with E-state index in [-0.39, 0.29) is 18.3 Å². The van der Waals surface area contributed by atoms with Crippen molar-refractivity contribution in [2.75, 3.05) is 18.5 Å². The average Bonchev–Trinajstić information content (AvgIpc) is 3.34. The van der Waals surface area contributed by atoms with E-state index in [1.807, 2.05) is 17.6 Å². The molecule has 0 saturated heterocycles. The Morgan fingerprint density at radius 1 is 1.43 bits per heavy atom. The summed E-state index contributed by atoms with van der Waals surface area (Å²) >= 11 is 1.44. The molecule has 1 unspecified atom stereocenters. The fourth-order valence-electron chi connectivity index (χ4n) is 3.04. The molecule has 148 valence electrons. The van der Waals surface area contributed by atoms with E-state index in [0.29, 0.717) is 22.8 Å². The highest BCUT2D eigenvalue weighted by molar-refractivity contribution is 7.12. The van der Waals surface area contributed by atoms with Gasteiger partial charge in [0.2, 0.25) is 5.78 Å². The summed E-state index contributed by atoms with van der Waals surface area (Å²) < 4.78 is 2.11. The minimum Gasteiger partial charge on any atom is -0.396 e. The molecule has 6 nitrogen and oxygen atoms in total. The van der Waals surface area contributed by atoms with Crippen LogP contribution in [0.5, 0.6) is 0 Å². The maximum Gasteiger partial charge on any atom is 0.208 e. The smallest absolute Gasteiger partial charge is 0.208 e. The topological polar surface area (TPSA) is 80.0 Å². The number of carbonyl (C=O) groups is 1. The Kier molecular flexibility index (Phi) is 6.95. The molecule has 0 aromatic carbocycles. The molecular weight excluding hydrogens is 372 g/mol. The van der Waals surface area contributed by atoms with Crippen molar-refractivity contribution in [1.82, 2.24) is 14.5 Å². The summed E-state index contributed by atoms with van der Waals surface area (Å²) in [6.45, 7) is 5.69. The van der Waals surface area contributed by atoms with Crippen LogP contribution in [0, 0.1) is 12.8 Å². The van der Waals surface area contributed by atoms with E-state index in [1.165, 1.54) is 23.2 Å². The van der Waals surface area contributed by atoms with Crippen LogP contribution in [0.15, 0.2) is 42.4 Å². The molecular formula is C21H26N4O2S. The summed E-state index contributed by atoms with van der Waals surface area (Å²) in [4.78, 5) is 21.9. The summed E-state index contributed by atoms with van der Waals surface area (Å²) in [5.74, 6) is 0.728. The van der Waals surface area contributed by atoms with Gasteiger partial charge < -0.3 is 15.0 Å². The van der Waals surface area contributed by atoms with E-state index in [2.05, 4.69) is 46.0 Å². The number of carbonyl (C=O) groups excluding carboxylic acids is 1. The molecule has 0 bridgehead atoms. The second-order valence-electron chi connectivity index (χ2n) is 6.97. The van der Waals surface area contributed by atoms with E-state index in [4.69, 9.17) is 0 Å². The molecule has 3 heterocycles. The van der Waals surface area contributed by atoms with Crippen molar-refractivity contribution in [3.8, 4) is 0 Å². The van der Waals surface area contributed by atoms with Gasteiger partial charge in [-0.3, -0.25) is 4.79 Å². The van der Waals surface area contributed by atoms with Gasteiger partial charge in [-0.2, -0.15) is 0 Å². The van der Waals surface area contributed by atoms with Crippen molar-refractivity contribution in [2.24, 2.45) is 5.92 Å². The number of nitrogens with zero attached hydrogens (tertiary/aromatic N) is 3. The molecule has 2 N–H and O–H groups in total. The fourth-order valence-corrected chi connectivity index (χ4v) is 3.89. The van der Waals surface area contributed by atoms with Crippen LogP contribution in [0.4, 0.5) is 5.82 Å². The van der Waals surface area contributed by atoms with Gasteiger partial charge in [0.1, 0.15) is 12.1 Å². The predicted molar refractivity (Wildman–Crippen MR) is 112 cm³/mol. The van der Waals surface area contributed by atoms with Crippen LogP contribution >= 0.6 is 11.3 Å². The number of rotatable bonds is 10. The zero-order valence-corrected chi connectivity index (χ0v) is 17.1. The Morgan fingerprint density at radius 3 is 3.00 bits per heavy atom. The van der Waals surface area contributed by atoms with E-state index >= 15 is 0 Å². The maximum atomic E-state index is 13.0. The molecule has 28 heavy (non-hydrogen) atoms. The molecule has 0 aliphatic carbocycles. The average molecular weight is 399 g/mol. The quantitative estimate of drug-likeness (QED) is 0.509. The number of anilines is 1. The fraction of sp³-hybridized carbons (Fsp3) is 0.381. The van der Waals surface area contributed by atoms with Crippen molar-refractivity contribution in [3.05, 3.63) is 64.0 Å². The maximum absolute atomic E-state index is 13.0. The first kappa shape index (κ1) is 20.2. The first-order chi connectivity index (χ1) is 13.6. The number of aromatic nitrogens is 3. The first-order valence-electron chi connectivity index (χ1n) is 9.50. The number of aliphatic hydroxyl groups excluding tert-OH is 1. The van der Waals surface area contributed by atoms with Gasteiger partial charge in [0.15, 0.2) is 0 Å². The standard InChI is InChI=1S/C21H26N4O2S/c1-3-16(12-26)4-6-23-21-18(9-22-14-24-21)20(27)19-8-17(13-28-19)11-25-7-5-15(2)10-25/h5,7-10,13-14,16,26H,3-4,6,11-12H2,1-2H3,(H,22,23,24). The zero-order valence-electron chi connectivity index (χ0n) is 16.3. The van der Waals surface area contributed by atoms with Crippen LogP contribution < -0.4 is 5.32 Å². The number of aliphatic hydroxyl groups is 1. The number of thiophene rings is 1. The second kappa shape index (κ2) is 9.61. The Hall–Kier alpha value is -2.51. The highest BCUT2D eigenvalue weighted by Gasteiger charge is 2.17. The number of hydrogen-bond acceptors (Lipinski definition) is 6. The van der Waals surface area contributed by atoms with Gasteiger partial charge in [-0.15, -0.1) is 11.3 Å². The third-order valence-corrected chi connectivity index (χ3v) is 5.76. The minimum atomic E-state index is -0.0720. The van der Waals surface area contributed by atoms with E-state index < -0.39 is 0 Å². The predicted octanol–water partition coefficient (Wildman–Crippen LogP) is 3.75. The Bertz CT molecular complexity index is 915. The third kappa shape index (κ3) is 5.05. The highest BCUT2D eigenvalue weighted by atomic mass is 32.1. The summed E-state index contributed by atoms with van der Waals surface area (Å²) in [6.07, 6.45) is 8.88. The molecule has 0 spiro atoms. The van der Waals surface area contributed by atoms with Gasteiger partial charge in [0.25, 0.3) is 0 Å². The molecule has 0 aliphatic rings. The Morgan fingerprint density at radius 2 is 2.29 bits per heavy atom.